The van der Waals surface area contributed by atoms with Crippen LogP contribution < -0.4 is 19.6 Å². The number of ether oxygens (including phenoxy) is 4. The third kappa shape index (κ3) is 4.73. The molecule has 9 heteroatoms. The number of benzene rings is 1. The lowest BCUT2D eigenvalue weighted by molar-refractivity contribution is 0.0693. The van der Waals surface area contributed by atoms with Crippen molar-refractivity contribution in [3.63, 3.8) is 0 Å². The zero-order valence-corrected chi connectivity index (χ0v) is 20.1. The first-order valence-corrected chi connectivity index (χ1v) is 10.2. The predicted molar refractivity (Wildman–Crippen MR) is 126 cm³/mol. The number of rotatable bonds is 9. The van der Waals surface area contributed by atoms with E-state index in [0.717, 1.165) is 17.5 Å². The maximum Gasteiger partial charge on any atom is 0.341 e. The van der Waals surface area contributed by atoms with Gasteiger partial charge in [-0.15, -0.1) is 0 Å². The van der Waals surface area contributed by atoms with Crippen molar-refractivity contribution in [2.24, 2.45) is 5.92 Å². The van der Waals surface area contributed by atoms with E-state index < -0.39 is 11.4 Å². The SMILES string of the molecule is COCCCOc1cc2c(cc1OC)-c1c(OC)c(=O)c(C(=O)O)cn1[C@H](C(C)C)C2.S. The molecule has 1 aromatic heterocycles. The highest BCUT2D eigenvalue weighted by molar-refractivity contribution is 7.59. The van der Waals surface area contributed by atoms with Gasteiger partial charge in [-0.3, -0.25) is 4.79 Å². The van der Waals surface area contributed by atoms with Crippen molar-refractivity contribution in [1.82, 2.24) is 4.57 Å². The van der Waals surface area contributed by atoms with E-state index in [-0.39, 0.29) is 36.8 Å². The van der Waals surface area contributed by atoms with Gasteiger partial charge in [-0.05, 0) is 30.0 Å². The molecule has 1 N–H and O–H groups in total. The van der Waals surface area contributed by atoms with E-state index in [4.69, 9.17) is 18.9 Å². The maximum absolute atomic E-state index is 12.8. The van der Waals surface area contributed by atoms with Gasteiger partial charge >= 0.3 is 5.97 Å². The lowest BCUT2D eigenvalue weighted by Crippen LogP contribution is -2.29. The Kier molecular flexibility index (Phi) is 8.63. The maximum atomic E-state index is 12.8. The van der Waals surface area contributed by atoms with Crippen molar-refractivity contribution in [2.75, 3.05) is 34.5 Å². The normalized spacial score (nSPS) is 14.2. The minimum Gasteiger partial charge on any atom is -0.493 e. The van der Waals surface area contributed by atoms with Crippen molar-refractivity contribution in [1.29, 1.82) is 0 Å². The van der Waals surface area contributed by atoms with Gasteiger partial charge in [0, 0.05) is 37.9 Å². The summed E-state index contributed by atoms with van der Waals surface area (Å²) >= 11 is 0. The van der Waals surface area contributed by atoms with Gasteiger partial charge in [0.25, 0.3) is 0 Å². The molecule has 0 amide bonds. The Hall–Kier alpha value is -2.65. The smallest absolute Gasteiger partial charge is 0.341 e. The molecule has 2 heterocycles. The topological polar surface area (TPSA) is 96.2 Å². The van der Waals surface area contributed by atoms with Gasteiger partial charge < -0.3 is 28.6 Å². The number of carboxylic acid groups (broad SMARTS) is 1. The third-order valence-electron chi connectivity index (χ3n) is 5.58. The number of aromatic nitrogens is 1. The number of pyridine rings is 1. The second kappa shape index (κ2) is 10.8. The number of fused-ring (bicyclic) bond motifs is 3. The fourth-order valence-electron chi connectivity index (χ4n) is 4.00. The quantitative estimate of drug-likeness (QED) is 0.566. The van der Waals surface area contributed by atoms with E-state index in [1.54, 1.807) is 14.2 Å². The first-order chi connectivity index (χ1) is 14.8. The average Bonchev–Trinajstić information content (AvgIpc) is 2.74. The highest BCUT2D eigenvalue weighted by Gasteiger charge is 2.33. The van der Waals surface area contributed by atoms with E-state index in [9.17, 15) is 14.7 Å². The van der Waals surface area contributed by atoms with E-state index in [1.165, 1.54) is 13.3 Å². The first kappa shape index (κ1) is 25.6. The molecule has 0 bridgehead atoms. The van der Waals surface area contributed by atoms with E-state index in [0.29, 0.717) is 36.8 Å². The van der Waals surface area contributed by atoms with Crippen LogP contribution in [0.1, 0.15) is 42.2 Å². The van der Waals surface area contributed by atoms with Gasteiger partial charge in [0.2, 0.25) is 5.43 Å². The molecule has 0 saturated heterocycles. The van der Waals surface area contributed by atoms with Gasteiger partial charge in [-0.2, -0.15) is 13.5 Å². The molecule has 0 spiro atoms. The molecular weight excluding hydrogens is 434 g/mol. The number of aromatic carboxylic acids is 1. The molecule has 1 aliphatic heterocycles. The highest BCUT2D eigenvalue weighted by atomic mass is 32.1. The van der Waals surface area contributed by atoms with Crippen LogP contribution in [0, 0.1) is 5.92 Å². The fourth-order valence-corrected chi connectivity index (χ4v) is 4.00. The number of carboxylic acids is 1. The molecule has 3 rings (SSSR count). The number of methoxy groups -OCH3 is 3. The standard InChI is InChI=1S/C23H29NO7.H2S/c1-13(2)17-9-14-10-19(31-8-6-7-28-3)18(29-4)11-15(14)20-22(30-5)21(25)16(23(26)27)12-24(17)20;/h10-13,17H,6-9H2,1-5H3,(H,26,27);1H2/t17-;/m0./s1. The van der Waals surface area contributed by atoms with Gasteiger partial charge in [0.15, 0.2) is 17.2 Å². The number of nitrogens with zero attached hydrogens (tertiary/aromatic N) is 1. The van der Waals surface area contributed by atoms with Crippen molar-refractivity contribution >= 4 is 19.5 Å². The number of hydrogen-bond donors (Lipinski definition) is 1. The van der Waals surface area contributed by atoms with Crippen LogP contribution in [-0.2, 0) is 11.2 Å². The van der Waals surface area contributed by atoms with Crippen LogP contribution in [0.25, 0.3) is 11.3 Å². The summed E-state index contributed by atoms with van der Waals surface area (Å²) in [6.07, 6.45) is 2.83. The van der Waals surface area contributed by atoms with Gasteiger partial charge in [-0.25, -0.2) is 4.79 Å². The highest BCUT2D eigenvalue weighted by Crippen LogP contribution is 2.45. The molecule has 1 aliphatic rings. The summed E-state index contributed by atoms with van der Waals surface area (Å²) < 4.78 is 23.8. The van der Waals surface area contributed by atoms with Crippen LogP contribution in [0.4, 0.5) is 0 Å². The van der Waals surface area contributed by atoms with Crippen LogP contribution in [0.3, 0.4) is 0 Å². The Morgan fingerprint density at radius 2 is 1.88 bits per heavy atom. The summed E-state index contributed by atoms with van der Waals surface area (Å²) in [6, 6.07) is 3.71. The molecule has 32 heavy (non-hydrogen) atoms. The van der Waals surface area contributed by atoms with Crippen molar-refractivity contribution in [3.8, 4) is 28.5 Å². The molecule has 0 radical (unpaired) electrons. The monoisotopic (exact) mass is 465 g/mol. The lowest BCUT2D eigenvalue weighted by atomic mass is 9.86. The van der Waals surface area contributed by atoms with E-state index >= 15 is 0 Å². The number of hydrogen-bond acceptors (Lipinski definition) is 6. The molecule has 176 valence electrons. The average molecular weight is 466 g/mol. The summed E-state index contributed by atoms with van der Waals surface area (Å²) in [7, 11) is 4.59. The largest absolute Gasteiger partial charge is 0.493 e. The zero-order valence-electron chi connectivity index (χ0n) is 19.1. The molecule has 8 nitrogen and oxygen atoms in total. The van der Waals surface area contributed by atoms with Crippen LogP contribution in [-0.4, -0.2) is 50.2 Å². The first-order valence-electron chi connectivity index (χ1n) is 10.2. The zero-order chi connectivity index (χ0) is 22.7. The van der Waals surface area contributed by atoms with Crippen LogP contribution in [0.15, 0.2) is 23.1 Å². The second-order valence-electron chi connectivity index (χ2n) is 7.84. The van der Waals surface area contributed by atoms with Crippen molar-refractivity contribution in [2.45, 2.75) is 32.7 Å². The van der Waals surface area contributed by atoms with Gasteiger partial charge in [0.05, 0.1) is 26.5 Å². The molecule has 0 unspecified atom stereocenters. The Morgan fingerprint density at radius 1 is 1.16 bits per heavy atom. The van der Waals surface area contributed by atoms with Crippen LogP contribution in [0.2, 0.25) is 0 Å². The molecule has 0 fully saturated rings. The molecule has 2 aromatic rings. The van der Waals surface area contributed by atoms with Crippen molar-refractivity contribution in [3.05, 3.63) is 39.7 Å². The van der Waals surface area contributed by atoms with Crippen LogP contribution >= 0.6 is 13.5 Å². The summed E-state index contributed by atoms with van der Waals surface area (Å²) in [6.45, 7) is 5.21. The summed E-state index contributed by atoms with van der Waals surface area (Å²) in [5.74, 6) is 0.0832. The fraction of sp³-hybridized carbons (Fsp3) is 0.478. The Labute approximate surface area is 194 Å². The molecule has 1 atom stereocenters. The Bertz CT molecular complexity index is 1030. The van der Waals surface area contributed by atoms with Gasteiger partial charge in [0.1, 0.15) is 5.56 Å². The summed E-state index contributed by atoms with van der Waals surface area (Å²) in [5, 5.41) is 9.53. The van der Waals surface area contributed by atoms with Gasteiger partial charge in [-0.1, -0.05) is 13.8 Å². The minimum atomic E-state index is -1.27. The second-order valence-corrected chi connectivity index (χ2v) is 7.84. The molecular formula is C23H31NO7S. The molecule has 0 saturated carbocycles. The lowest BCUT2D eigenvalue weighted by Gasteiger charge is -2.34. The van der Waals surface area contributed by atoms with E-state index in [2.05, 4.69) is 13.8 Å². The Morgan fingerprint density at radius 3 is 2.44 bits per heavy atom. The number of carbonyl (C=O) groups is 1. The third-order valence-corrected chi connectivity index (χ3v) is 5.58. The predicted octanol–water partition coefficient (Wildman–Crippen LogP) is 3.51. The summed E-state index contributed by atoms with van der Waals surface area (Å²) in [4.78, 5) is 24.5. The van der Waals surface area contributed by atoms with Crippen LogP contribution in [0.5, 0.6) is 17.2 Å². The molecule has 0 aliphatic carbocycles. The minimum absolute atomic E-state index is 0. The molecule has 1 aromatic carbocycles. The van der Waals surface area contributed by atoms with Crippen molar-refractivity contribution < 1.29 is 28.8 Å². The van der Waals surface area contributed by atoms with E-state index in [1.807, 2.05) is 16.7 Å². The Balaban J connectivity index is 0.00000363. The summed E-state index contributed by atoms with van der Waals surface area (Å²) in [5.41, 5.74) is 1.36.